The maximum atomic E-state index is 12.0. The van der Waals surface area contributed by atoms with Crippen LogP contribution in [0, 0.1) is 10.1 Å². The van der Waals surface area contributed by atoms with E-state index in [-0.39, 0.29) is 18.0 Å². The van der Waals surface area contributed by atoms with Crippen LogP contribution in [0.15, 0.2) is 24.3 Å². The fraction of sp³-hybridized carbons (Fsp3) is 0.500. The van der Waals surface area contributed by atoms with E-state index in [2.05, 4.69) is 12.2 Å². The lowest BCUT2D eigenvalue weighted by molar-refractivity contribution is -0.384. The SMILES string of the molecule is CCCCCC[C@@H](NC(=O)Cc1cccc([N+](=O)[O-])c1)C(N)=O. The second kappa shape index (κ2) is 9.55. The van der Waals surface area contributed by atoms with Crippen LogP contribution in [0.2, 0.25) is 0 Å². The zero-order chi connectivity index (χ0) is 17.2. The van der Waals surface area contributed by atoms with Crippen molar-refractivity contribution < 1.29 is 14.5 Å². The Morgan fingerprint density at radius 3 is 2.65 bits per heavy atom. The number of primary amides is 1. The molecule has 0 saturated heterocycles. The molecule has 7 heteroatoms. The van der Waals surface area contributed by atoms with Crippen LogP contribution in [0.5, 0.6) is 0 Å². The van der Waals surface area contributed by atoms with Crippen molar-refractivity contribution in [2.45, 2.75) is 51.5 Å². The highest BCUT2D eigenvalue weighted by molar-refractivity contribution is 5.87. The van der Waals surface area contributed by atoms with Crippen LogP contribution < -0.4 is 11.1 Å². The standard InChI is InChI=1S/C16H23N3O4/c1-2-3-4-5-9-14(16(17)21)18-15(20)11-12-7-6-8-13(10-12)19(22)23/h6-8,10,14H,2-5,9,11H2,1H3,(H2,17,21)(H,18,20)/t14-/m1/s1. The smallest absolute Gasteiger partial charge is 0.269 e. The summed E-state index contributed by atoms with van der Waals surface area (Å²) in [6, 6.07) is 5.17. The molecule has 0 heterocycles. The molecule has 0 spiro atoms. The molecular formula is C16H23N3O4. The predicted octanol–water partition coefficient (Wildman–Crippen LogP) is 2.08. The van der Waals surface area contributed by atoms with Crippen molar-refractivity contribution in [3.8, 4) is 0 Å². The number of hydrogen-bond acceptors (Lipinski definition) is 4. The third-order valence-corrected chi connectivity index (χ3v) is 3.51. The van der Waals surface area contributed by atoms with Gasteiger partial charge >= 0.3 is 0 Å². The lowest BCUT2D eigenvalue weighted by atomic mass is 10.1. The van der Waals surface area contributed by atoms with Gasteiger partial charge in [-0.15, -0.1) is 0 Å². The monoisotopic (exact) mass is 321 g/mol. The van der Waals surface area contributed by atoms with E-state index in [1.807, 2.05) is 0 Å². The summed E-state index contributed by atoms with van der Waals surface area (Å²) < 4.78 is 0. The van der Waals surface area contributed by atoms with Gasteiger partial charge in [0.2, 0.25) is 11.8 Å². The van der Waals surface area contributed by atoms with Gasteiger partial charge in [0.05, 0.1) is 11.3 Å². The maximum absolute atomic E-state index is 12.0. The van der Waals surface area contributed by atoms with Crippen molar-refractivity contribution in [3.63, 3.8) is 0 Å². The molecule has 0 radical (unpaired) electrons. The molecule has 0 aliphatic rings. The third kappa shape index (κ3) is 6.90. The topological polar surface area (TPSA) is 115 Å². The number of carbonyl (C=O) groups excluding carboxylic acids is 2. The normalized spacial score (nSPS) is 11.7. The van der Waals surface area contributed by atoms with E-state index in [0.29, 0.717) is 12.0 Å². The molecular weight excluding hydrogens is 298 g/mol. The van der Waals surface area contributed by atoms with Gasteiger partial charge in [0.15, 0.2) is 0 Å². The summed E-state index contributed by atoms with van der Waals surface area (Å²) in [7, 11) is 0. The van der Waals surface area contributed by atoms with Gasteiger partial charge in [-0.3, -0.25) is 19.7 Å². The molecule has 0 saturated carbocycles. The lowest BCUT2D eigenvalue weighted by Crippen LogP contribution is -2.44. The number of hydrogen-bond donors (Lipinski definition) is 2. The van der Waals surface area contributed by atoms with Crippen LogP contribution >= 0.6 is 0 Å². The molecule has 1 aromatic rings. The Hall–Kier alpha value is -2.44. The van der Waals surface area contributed by atoms with Gasteiger partial charge in [-0.1, -0.05) is 44.7 Å². The molecule has 7 nitrogen and oxygen atoms in total. The van der Waals surface area contributed by atoms with E-state index >= 15 is 0 Å². The third-order valence-electron chi connectivity index (χ3n) is 3.51. The Morgan fingerprint density at radius 1 is 1.30 bits per heavy atom. The molecule has 1 aromatic carbocycles. The van der Waals surface area contributed by atoms with Crippen molar-refractivity contribution in [3.05, 3.63) is 39.9 Å². The molecule has 0 fully saturated rings. The Bertz CT molecular complexity index is 560. The van der Waals surface area contributed by atoms with Gasteiger partial charge < -0.3 is 11.1 Å². The largest absolute Gasteiger partial charge is 0.368 e. The van der Waals surface area contributed by atoms with Crippen LogP contribution in [0.3, 0.4) is 0 Å². The highest BCUT2D eigenvalue weighted by Gasteiger charge is 2.18. The number of nitrogens with one attached hydrogen (secondary N) is 1. The van der Waals surface area contributed by atoms with E-state index in [0.717, 1.165) is 25.7 Å². The van der Waals surface area contributed by atoms with Crippen LogP contribution in [0.25, 0.3) is 0 Å². The van der Waals surface area contributed by atoms with E-state index in [1.54, 1.807) is 6.07 Å². The number of nitro benzene ring substituents is 1. The molecule has 1 rings (SSSR count). The minimum atomic E-state index is -0.696. The molecule has 3 N–H and O–H groups in total. The van der Waals surface area contributed by atoms with Crippen LogP contribution in [-0.4, -0.2) is 22.8 Å². The number of rotatable bonds is 10. The van der Waals surface area contributed by atoms with Crippen LogP contribution in [-0.2, 0) is 16.0 Å². The van der Waals surface area contributed by atoms with E-state index < -0.39 is 16.9 Å². The van der Waals surface area contributed by atoms with Gasteiger partial charge in [0.25, 0.3) is 5.69 Å². The number of benzene rings is 1. The summed E-state index contributed by atoms with van der Waals surface area (Å²) >= 11 is 0. The van der Waals surface area contributed by atoms with E-state index in [4.69, 9.17) is 5.73 Å². The van der Waals surface area contributed by atoms with E-state index in [9.17, 15) is 19.7 Å². The fourth-order valence-corrected chi connectivity index (χ4v) is 2.27. The Labute approximate surface area is 135 Å². The van der Waals surface area contributed by atoms with Crippen molar-refractivity contribution in [1.82, 2.24) is 5.32 Å². The number of non-ortho nitro benzene ring substituents is 1. The van der Waals surface area contributed by atoms with Crippen molar-refractivity contribution in [1.29, 1.82) is 0 Å². The van der Waals surface area contributed by atoms with Crippen LogP contribution in [0.4, 0.5) is 5.69 Å². The summed E-state index contributed by atoms with van der Waals surface area (Å²) in [5.41, 5.74) is 5.77. The summed E-state index contributed by atoms with van der Waals surface area (Å²) in [5.74, 6) is -0.932. The average Bonchev–Trinajstić information content (AvgIpc) is 2.50. The van der Waals surface area contributed by atoms with Crippen molar-refractivity contribution in [2.24, 2.45) is 5.73 Å². The van der Waals surface area contributed by atoms with Gasteiger partial charge in [-0.2, -0.15) is 0 Å². The Balaban J connectivity index is 2.56. The molecule has 1 atom stereocenters. The van der Waals surface area contributed by atoms with Gasteiger partial charge in [-0.05, 0) is 12.0 Å². The number of nitrogens with two attached hydrogens (primary N) is 1. The molecule has 0 bridgehead atoms. The average molecular weight is 321 g/mol. The molecule has 0 aliphatic heterocycles. The number of unbranched alkanes of at least 4 members (excludes halogenated alkanes) is 3. The second-order valence-corrected chi connectivity index (χ2v) is 5.48. The molecule has 0 unspecified atom stereocenters. The van der Waals surface area contributed by atoms with Crippen LogP contribution in [0.1, 0.15) is 44.6 Å². The summed E-state index contributed by atoms with van der Waals surface area (Å²) in [5, 5.41) is 13.3. The number of amides is 2. The van der Waals surface area contributed by atoms with Gasteiger partial charge in [-0.25, -0.2) is 0 Å². The summed E-state index contributed by atoms with van der Waals surface area (Å²) in [4.78, 5) is 33.6. The van der Waals surface area contributed by atoms with Crippen molar-refractivity contribution >= 4 is 17.5 Å². The van der Waals surface area contributed by atoms with E-state index in [1.165, 1.54) is 18.2 Å². The fourth-order valence-electron chi connectivity index (χ4n) is 2.27. The van der Waals surface area contributed by atoms with Gasteiger partial charge in [0.1, 0.15) is 6.04 Å². The highest BCUT2D eigenvalue weighted by atomic mass is 16.6. The molecule has 2 amide bonds. The quantitative estimate of drug-likeness (QED) is 0.390. The van der Waals surface area contributed by atoms with Crippen molar-refractivity contribution in [2.75, 3.05) is 0 Å². The predicted molar refractivity (Wildman–Crippen MR) is 86.7 cm³/mol. The first kappa shape index (κ1) is 18.6. The first-order valence-corrected chi connectivity index (χ1v) is 7.76. The molecule has 0 aromatic heterocycles. The number of nitrogens with zero attached hydrogens (tertiary/aromatic N) is 1. The Kier molecular flexibility index (Phi) is 7.73. The first-order chi connectivity index (χ1) is 10.9. The van der Waals surface area contributed by atoms with Gasteiger partial charge in [0, 0.05) is 12.1 Å². The maximum Gasteiger partial charge on any atom is 0.269 e. The molecule has 126 valence electrons. The minimum Gasteiger partial charge on any atom is -0.368 e. The zero-order valence-corrected chi connectivity index (χ0v) is 13.3. The summed E-state index contributed by atoms with van der Waals surface area (Å²) in [6.45, 7) is 2.09. The zero-order valence-electron chi connectivity index (χ0n) is 13.3. The number of nitro groups is 1. The lowest BCUT2D eigenvalue weighted by Gasteiger charge is -2.15. The second-order valence-electron chi connectivity index (χ2n) is 5.48. The number of carbonyl (C=O) groups is 2. The molecule has 23 heavy (non-hydrogen) atoms. The summed E-state index contributed by atoms with van der Waals surface area (Å²) in [6.07, 6.45) is 4.45. The Morgan fingerprint density at radius 2 is 2.04 bits per heavy atom. The molecule has 0 aliphatic carbocycles. The first-order valence-electron chi connectivity index (χ1n) is 7.76. The highest BCUT2D eigenvalue weighted by Crippen LogP contribution is 2.13. The minimum absolute atomic E-state index is 0.0274.